The van der Waals surface area contributed by atoms with E-state index in [1.807, 2.05) is 60.7 Å². The van der Waals surface area contributed by atoms with Gasteiger partial charge < -0.3 is 33.7 Å². The fourth-order valence-corrected chi connectivity index (χ4v) is 4.09. The first-order valence-corrected chi connectivity index (χ1v) is 11.8. The number of rotatable bonds is 10. The first kappa shape index (κ1) is 25.8. The number of benzene rings is 2. The van der Waals surface area contributed by atoms with Crippen LogP contribution in [0, 0.1) is 0 Å². The van der Waals surface area contributed by atoms with Crippen LogP contribution < -0.4 is 5.32 Å². The Balaban J connectivity index is 1.32. The van der Waals surface area contributed by atoms with E-state index in [9.17, 15) is 9.59 Å². The van der Waals surface area contributed by atoms with E-state index in [0.717, 1.165) is 11.1 Å². The highest BCUT2D eigenvalue weighted by molar-refractivity contribution is 5.78. The molecule has 2 aliphatic heterocycles. The molecule has 0 aromatic heterocycles. The maximum Gasteiger partial charge on any atom is 0.407 e. The van der Waals surface area contributed by atoms with E-state index in [2.05, 4.69) is 11.9 Å². The molecule has 0 radical (unpaired) electrons. The predicted molar refractivity (Wildman–Crippen MR) is 128 cm³/mol. The third kappa shape index (κ3) is 6.70. The summed E-state index contributed by atoms with van der Waals surface area (Å²) in [6.07, 6.45) is -2.63. The zero-order valence-corrected chi connectivity index (χ0v) is 20.3. The second-order valence-electron chi connectivity index (χ2n) is 8.94. The van der Waals surface area contributed by atoms with E-state index >= 15 is 0 Å². The predicted octanol–water partition coefficient (Wildman–Crippen LogP) is 3.47. The van der Waals surface area contributed by atoms with Crippen molar-refractivity contribution in [2.75, 3.05) is 6.54 Å². The molecule has 2 aromatic carbocycles. The summed E-state index contributed by atoms with van der Waals surface area (Å²) in [5.74, 6) is -1.51. The normalized spacial score (nSPS) is 24.9. The molecule has 0 unspecified atom stereocenters. The summed E-state index contributed by atoms with van der Waals surface area (Å²) in [6, 6.07) is 18.9. The monoisotopic (exact) mass is 497 g/mol. The second-order valence-corrected chi connectivity index (χ2v) is 8.94. The number of amides is 1. The molecule has 4 rings (SSSR count). The third-order valence-corrected chi connectivity index (χ3v) is 5.73. The van der Waals surface area contributed by atoms with Crippen molar-refractivity contribution in [3.63, 3.8) is 0 Å². The lowest BCUT2D eigenvalue weighted by Gasteiger charge is -2.29. The molecule has 36 heavy (non-hydrogen) atoms. The molecule has 2 saturated heterocycles. The largest absolute Gasteiger partial charge is 0.454 e. The Bertz CT molecular complexity index is 1030. The fraction of sp³-hybridized carbons (Fsp3) is 0.407. The number of fused-ring (bicyclic) bond motifs is 1. The van der Waals surface area contributed by atoms with Gasteiger partial charge in [0.15, 0.2) is 12.1 Å². The van der Waals surface area contributed by atoms with Crippen molar-refractivity contribution in [2.45, 2.75) is 63.6 Å². The number of ether oxygens (including phenoxy) is 6. The van der Waals surface area contributed by atoms with Crippen molar-refractivity contribution in [1.82, 2.24) is 5.32 Å². The van der Waals surface area contributed by atoms with Gasteiger partial charge in [-0.3, -0.25) is 4.79 Å². The van der Waals surface area contributed by atoms with Gasteiger partial charge in [-0.2, -0.15) is 0 Å². The molecular weight excluding hydrogens is 466 g/mol. The summed E-state index contributed by atoms with van der Waals surface area (Å²) < 4.78 is 34.8. The smallest absolute Gasteiger partial charge is 0.407 e. The highest BCUT2D eigenvalue weighted by atomic mass is 16.8. The van der Waals surface area contributed by atoms with Crippen molar-refractivity contribution in [3.05, 3.63) is 84.4 Å². The maximum absolute atomic E-state index is 12.5. The summed E-state index contributed by atoms with van der Waals surface area (Å²) in [5.41, 5.74) is 1.81. The van der Waals surface area contributed by atoms with Crippen molar-refractivity contribution >= 4 is 12.1 Å². The summed E-state index contributed by atoms with van der Waals surface area (Å²) in [5, 5.41) is 2.39. The number of esters is 1. The van der Waals surface area contributed by atoms with Gasteiger partial charge in [0.2, 0.25) is 0 Å². The SMILES string of the molecule is C=C[C@H](OC(=O)CNC(=O)OCc1ccccc1)[C@H]1O[C@@H]2OC(C)(C)O[C@@H]2[C@H]1OCc1ccccc1. The van der Waals surface area contributed by atoms with Gasteiger partial charge in [-0.25, -0.2) is 4.79 Å². The number of hydrogen-bond acceptors (Lipinski definition) is 8. The van der Waals surface area contributed by atoms with Crippen LogP contribution in [0.3, 0.4) is 0 Å². The Hall–Kier alpha value is -3.24. The van der Waals surface area contributed by atoms with Crippen molar-refractivity contribution in [2.24, 2.45) is 0 Å². The van der Waals surface area contributed by atoms with Gasteiger partial charge in [0, 0.05) is 0 Å². The molecule has 192 valence electrons. The van der Waals surface area contributed by atoms with Crippen LogP contribution in [0.15, 0.2) is 73.3 Å². The first-order chi connectivity index (χ1) is 17.3. The zero-order valence-electron chi connectivity index (χ0n) is 20.3. The van der Waals surface area contributed by atoms with Crippen LogP contribution in [-0.4, -0.2) is 55.1 Å². The second kappa shape index (κ2) is 11.7. The Labute approximate surface area is 210 Å². The van der Waals surface area contributed by atoms with Gasteiger partial charge in [-0.15, -0.1) is 0 Å². The standard InChI is InChI=1S/C27H31NO8/c1-4-20(33-21(29)15-28-26(30)32-17-19-13-9-6-10-14-19)22-23(31-16-18-11-7-5-8-12-18)24-25(34-22)36-27(2,3)35-24/h4-14,20,22-25H,1,15-17H2,2-3H3,(H,28,30)/t20-,22+,23-,24+,25+/m0/s1. The third-order valence-electron chi connectivity index (χ3n) is 5.73. The molecule has 9 heteroatoms. The minimum atomic E-state index is -0.860. The van der Waals surface area contributed by atoms with E-state index in [1.54, 1.807) is 13.8 Å². The summed E-state index contributed by atoms with van der Waals surface area (Å²) in [6.45, 7) is 7.40. The molecule has 1 N–H and O–H groups in total. The Morgan fingerprint density at radius 1 is 1.03 bits per heavy atom. The van der Waals surface area contributed by atoms with Crippen LogP contribution >= 0.6 is 0 Å². The molecule has 2 fully saturated rings. The van der Waals surface area contributed by atoms with E-state index in [0.29, 0.717) is 6.61 Å². The van der Waals surface area contributed by atoms with Crippen molar-refractivity contribution in [3.8, 4) is 0 Å². The lowest BCUT2D eigenvalue weighted by molar-refractivity contribution is -0.230. The molecule has 9 nitrogen and oxygen atoms in total. The quantitative estimate of drug-likeness (QED) is 0.393. The number of alkyl carbamates (subject to hydrolysis) is 1. The number of nitrogens with one attached hydrogen (secondary N) is 1. The van der Waals surface area contributed by atoms with Crippen LogP contribution in [0.5, 0.6) is 0 Å². The zero-order chi connectivity index (χ0) is 25.5. The highest BCUT2D eigenvalue weighted by Gasteiger charge is 2.57. The molecule has 2 aromatic rings. The first-order valence-electron chi connectivity index (χ1n) is 11.8. The van der Waals surface area contributed by atoms with Gasteiger partial charge >= 0.3 is 12.1 Å². The lowest BCUT2D eigenvalue weighted by atomic mass is 10.1. The molecular formula is C27H31NO8. The highest BCUT2D eigenvalue weighted by Crippen LogP contribution is 2.40. The summed E-state index contributed by atoms with van der Waals surface area (Å²) in [7, 11) is 0. The van der Waals surface area contributed by atoms with E-state index in [4.69, 9.17) is 28.4 Å². The maximum atomic E-state index is 12.5. The summed E-state index contributed by atoms with van der Waals surface area (Å²) >= 11 is 0. The Morgan fingerprint density at radius 3 is 2.31 bits per heavy atom. The van der Waals surface area contributed by atoms with Crippen LogP contribution in [0.25, 0.3) is 0 Å². The Kier molecular flexibility index (Phi) is 8.37. The van der Waals surface area contributed by atoms with Gasteiger partial charge in [0.05, 0.1) is 6.61 Å². The molecule has 2 heterocycles. The minimum absolute atomic E-state index is 0.0898. The van der Waals surface area contributed by atoms with E-state index < -0.39 is 48.6 Å². The molecule has 0 saturated carbocycles. The van der Waals surface area contributed by atoms with Crippen LogP contribution in [0.1, 0.15) is 25.0 Å². The van der Waals surface area contributed by atoms with E-state index in [-0.39, 0.29) is 13.2 Å². The molecule has 0 bridgehead atoms. The molecule has 0 aliphatic carbocycles. The number of carbonyl (C=O) groups is 2. The fourth-order valence-electron chi connectivity index (χ4n) is 4.09. The molecule has 1 amide bonds. The topological polar surface area (TPSA) is 102 Å². The van der Waals surface area contributed by atoms with Gasteiger partial charge in [-0.1, -0.05) is 67.2 Å². The average Bonchev–Trinajstić information content (AvgIpc) is 3.36. The van der Waals surface area contributed by atoms with Crippen LogP contribution in [-0.2, 0) is 46.4 Å². The minimum Gasteiger partial charge on any atom is -0.454 e. The van der Waals surface area contributed by atoms with E-state index in [1.165, 1.54) is 6.08 Å². The number of hydrogen-bond donors (Lipinski definition) is 1. The molecule has 5 atom stereocenters. The van der Waals surface area contributed by atoms with Gasteiger partial charge in [-0.05, 0) is 31.1 Å². The summed E-state index contributed by atoms with van der Waals surface area (Å²) in [4.78, 5) is 24.4. The van der Waals surface area contributed by atoms with Gasteiger partial charge in [0.1, 0.15) is 37.6 Å². The van der Waals surface area contributed by atoms with Crippen molar-refractivity contribution in [1.29, 1.82) is 0 Å². The molecule has 2 aliphatic rings. The van der Waals surface area contributed by atoms with Crippen LogP contribution in [0.4, 0.5) is 4.79 Å². The molecule has 0 spiro atoms. The van der Waals surface area contributed by atoms with Crippen LogP contribution in [0.2, 0.25) is 0 Å². The lowest BCUT2D eigenvalue weighted by Crippen LogP contribution is -2.44. The number of carbonyl (C=O) groups excluding carboxylic acids is 2. The van der Waals surface area contributed by atoms with Gasteiger partial charge in [0.25, 0.3) is 0 Å². The van der Waals surface area contributed by atoms with Crippen molar-refractivity contribution < 1.29 is 38.0 Å². The average molecular weight is 498 g/mol. The Morgan fingerprint density at radius 2 is 1.67 bits per heavy atom.